The Bertz CT molecular complexity index is 1400. The number of hydrogen-bond acceptors (Lipinski definition) is 5. The van der Waals surface area contributed by atoms with Crippen LogP contribution in [-0.4, -0.2) is 33.4 Å². The van der Waals surface area contributed by atoms with Crippen LogP contribution in [0, 0.1) is 5.92 Å². The van der Waals surface area contributed by atoms with Gasteiger partial charge in [-0.3, -0.25) is 9.59 Å². The summed E-state index contributed by atoms with van der Waals surface area (Å²) in [5, 5.41) is 9.80. The van der Waals surface area contributed by atoms with Gasteiger partial charge in [-0.25, -0.2) is 9.97 Å². The number of ketones is 1. The highest BCUT2D eigenvalue weighted by atomic mass is 16.5. The summed E-state index contributed by atoms with van der Waals surface area (Å²) in [6.45, 7) is 8.91. The average Bonchev–Trinajstić information content (AvgIpc) is 2.93. The zero-order valence-corrected chi connectivity index (χ0v) is 22.8. The van der Waals surface area contributed by atoms with Crippen LogP contribution in [0.5, 0.6) is 5.75 Å². The smallest absolute Gasteiger partial charge is 0.307 e. The number of hydrogen-bond donors (Lipinski definition) is 1. The lowest BCUT2D eigenvalue weighted by Gasteiger charge is -2.19. The number of ether oxygens (including phenoxy) is 1. The molecule has 1 atom stereocenters. The molecular weight excluding hydrogens is 488 g/mol. The highest BCUT2D eigenvalue weighted by Crippen LogP contribution is 2.25. The van der Waals surface area contributed by atoms with Gasteiger partial charge in [0.05, 0.1) is 12.5 Å². The molecule has 0 saturated carbocycles. The third-order valence-corrected chi connectivity index (χ3v) is 6.70. The first kappa shape index (κ1) is 27.7. The predicted molar refractivity (Wildman–Crippen MR) is 153 cm³/mol. The number of nitrogens with zero attached hydrogens (tertiary/aromatic N) is 2. The van der Waals surface area contributed by atoms with Crippen molar-refractivity contribution in [3.63, 3.8) is 0 Å². The normalized spacial score (nSPS) is 12.1. The molecule has 0 unspecified atom stereocenters. The Morgan fingerprint density at radius 3 is 1.95 bits per heavy atom. The summed E-state index contributed by atoms with van der Waals surface area (Å²) < 4.78 is 5.49. The molecule has 0 aliphatic rings. The number of Topliss-reactive ketones (excluding diaryl/α,β-unsaturated/α-hetero) is 1. The van der Waals surface area contributed by atoms with Gasteiger partial charge >= 0.3 is 5.97 Å². The number of carboxylic acid groups (broad SMARTS) is 1. The van der Waals surface area contributed by atoms with E-state index in [1.165, 1.54) is 0 Å². The zero-order valence-electron chi connectivity index (χ0n) is 22.8. The van der Waals surface area contributed by atoms with Crippen LogP contribution in [0.1, 0.15) is 55.6 Å². The molecular formula is C33H34N2O4. The van der Waals surface area contributed by atoms with Crippen molar-refractivity contribution in [1.82, 2.24) is 9.97 Å². The van der Waals surface area contributed by atoms with Gasteiger partial charge in [0, 0.05) is 35.5 Å². The summed E-state index contributed by atoms with van der Waals surface area (Å²) in [6, 6.07) is 22.8. The molecule has 1 N–H and O–H groups in total. The molecule has 0 saturated heterocycles. The minimum atomic E-state index is -0.980. The summed E-state index contributed by atoms with van der Waals surface area (Å²) in [6.07, 6.45) is 3.78. The Morgan fingerprint density at radius 2 is 1.41 bits per heavy atom. The number of aliphatic carboxylic acids is 1. The number of carbonyl (C=O) groups is 2. The molecule has 6 heteroatoms. The molecule has 4 aromatic rings. The fourth-order valence-electron chi connectivity index (χ4n) is 4.36. The third-order valence-electron chi connectivity index (χ3n) is 6.70. The van der Waals surface area contributed by atoms with Crippen LogP contribution >= 0.6 is 0 Å². The zero-order chi connectivity index (χ0) is 28.0. The largest absolute Gasteiger partial charge is 0.494 e. The van der Waals surface area contributed by atoms with Gasteiger partial charge in [-0.1, -0.05) is 81.4 Å². The summed E-state index contributed by atoms with van der Waals surface area (Å²) >= 11 is 0. The number of carbonyl (C=O) groups excluding carboxylic acids is 1. The minimum absolute atomic E-state index is 0.0133. The quantitative estimate of drug-likeness (QED) is 0.225. The van der Waals surface area contributed by atoms with Crippen LogP contribution in [0.2, 0.25) is 0 Å². The average molecular weight is 523 g/mol. The van der Waals surface area contributed by atoms with Crippen molar-refractivity contribution in [2.24, 2.45) is 5.92 Å². The lowest BCUT2D eigenvalue weighted by atomic mass is 9.86. The molecule has 0 radical (unpaired) electrons. The Hall–Kier alpha value is -4.32. The van der Waals surface area contributed by atoms with E-state index in [2.05, 4.69) is 30.7 Å². The lowest BCUT2D eigenvalue weighted by molar-refractivity contribution is -0.141. The molecule has 1 aromatic heterocycles. The SMILES string of the molecule is CCOc1ccc(-c2cnc(-c3ccc(C[C@H](CC(=O)c4ccc(C(C)(C)C)cc4)C(=O)O)cc3)nc2)cc1. The minimum Gasteiger partial charge on any atom is -0.494 e. The number of aromatic nitrogens is 2. The van der Waals surface area contributed by atoms with E-state index in [9.17, 15) is 14.7 Å². The molecule has 4 rings (SSSR count). The van der Waals surface area contributed by atoms with Crippen molar-refractivity contribution in [2.75, 3.05) is 6.61 Å². The molecule has 6 nitrogen and oxygen atoms in total. The van der Waals surface area contributed by atoms with E-state index in [0.29, 0.717) is 18.0 Å². The fraction of sp³-hybridized carbons (Fsp3) is 0.273. The van der Waals surface area contributed by atoms with Gasteiger partial charge in [0.2, 0.25) is 0 Å². The molecule has 0 aliphatic carbocycles. The van der Waals surface area contributed by atoms with Crippen LogP contribution in [0.15, 0.2) is 85.2 Å². The fourth-order valence-corrected chi connectivity index (χ4v) is 4.36. The molecule has 200 valence electrons. The van der Waals surface area contributed by atoms with Gasteiger partial charge in [-0.15, -0.1) is 0 Å². The Kier molecular flexibility index (Phi) is 8.55. The van der Waals surface area contributed by atoms with Gasteiger partial charge in [-0.2, -0.15) is 0 Å². The summed E-state index contributed by atoms with van der Waals surface area (Å²) in [7, 11) is 0. The number of benzene rings is 3. The van der Waals surface area contributed by atoms with E-state index in [1.54, 1.807) is 24.5 Å². The third kappa shape index (κ3) is 7.17. The van der Waals surface area contributed by atoms with Crippen molar-refractivity contribution < 1.29 is 19.4 Å². The number of carboxylic acids is 1. The second-order valence-corrected chi connectivity index (χ2v) is 10.6. The second-order valence-electron chi connectivity index (χ2n) is 10.6. The maximum absolute atomic E-state index is 12.8. The standard InChI is InChI=1S/C33H34N2O4/c1-5-39-29-16-12-23(13-17-29)27-20-34-31(35-21-27)25-8-6-22(7-9-25)18-26(32(37)38)19-30(36)24-10-14-28(15-11-24)33(2,3)4/h6-17,20-21,26H,5,18-19H2,1-4H3,(H,37,38)/t26-/m1/s1. The van der Waals surface area contributed by atoms with Crippen molar-refractivity contribution in [2.45, 2.75) is 46.0 Å². The number of rotatable bonds is 10. The van der Waals surface area contributed by atoms with Gasteiger partial charge < -0.3 is 9.84 Å². The maximum atomic E-state index is 12.8. The van der Waals surface area contributed by atoms with Crippen LogP contribution in [0.3, 0.4) is 0 Å². The molecule has 0 aliphatic heterocycles. The van der Waals surface area contributed by atoms with Crippen molar-refractivity contribution >= 4 is 11.8 Å². The molecule has 0 spiro atoms. The maximum Gasteiger partial charge on any atom is 0.307 e. The first-order valence-electron chi connectivity index (χ1n) is 13.1. The van der Waals surface area contributed by atoms with Crippen molar-refractivity contribution in [1.29, 1.82) is 0 Å². The Balaban J connectivity index is 1.40. The molecule has 1 heterocycles. The van der Waals surface area contributed by atoms with Crippen molar-refractivity contribution in [3.05, 3.63) is 102 Å². The summed E-state index contributed by atoms with van der Waals surface area (Å²) in [4.78, 5) is 33.8. The first-order chi connectivity index (χ1) is 18.6. The van der Waals surface area contributed by atoms with E-state index < -0.39 is 11.9 Å². The van der Waals surface area contributed by atoms with E-state index in [1.807, 2.05) is 67.6 Å². The first-order valence-corrected chi connectivity index (χ1v) is 13.1. The second kappa shape index (κ2) is 12.0. The predicted octanol–water partition coefficient (Wildman–Crippen LogP) is 7.02. The molecule has 39 heavy (non-hydrogen) atoms. The van der Waals surface area contributed by atoms with Crippen LogP contribution in [0.4, 0.5) is 0 Å². The van der Waals surface area contributed by atoms with Gasteiger partial charge in [0.1, 0.15) is 5.75 Å². The molecule has 3 aromatic carbocycles. The van der Waals surface area contributed by atoms with Crippen LogP contribution in [-0.2, 0) is 16.6 Å². The molecule has 0 fully saturated rings. The molecule has 0 bridgehead atoms. The highest BCUT2D eigenvalue weighted by Gasteiger charge is 2.23. The topological polar surface area (TPSA) is 89.4 Å². The van der Waals surface area contributed by atoms with Gasteiger partial charge in [0.15, 0.2) is 11.6 Å². The Labute approximate surface area is 229 Å². The van der Waals surface area contributed by atoms with Gasteiger partial charge in [0.25, 0.3) is 0 Å². The van der Waals surface area contributed by atoms with Gasteiger partial charge in [-0.05, 0) is 47.6 Å². The summed E-state index contributed by atoms with van der Waals surface area (Å²) in [5.41, 5.74) is 5.23. The van der Waals surface area contributed by atoms with Crippen LogP contribution < -0.4 is 4.74 Å². The van der Waals surface area contributed by atoms with E-state index in [4.69, 9.17) is 4.74 Å². The van der Waals surface area contributed by atoms with E-state index >= 15 is 0 Å². The van der Waals surface area contributed by atoms with E-state index in [0.717, 1.165) is 33.6 Å². The van der Waals surface area contributed by atoms with Crippen LogP contribution in [0.25, 0.3) is 22.5 Å². The van der Waals surface area contributed by atoms with E-state index in [-0.39, 0.29) is 24.0 Å². The molecule has 0 amide bonds. The van der Waals surface area contributed by atoms with Crippen molar-refractivity contribution in [3.8, 4) is 28.3 Å². The highest BCUT2D eigenvalue weighted by molar-refractivity contribution is 5.98. The summed E-state index contributed by atoms with van der Waals surface area (Å²) in [5.74, 6) is -0.550. The Morgan fingerprint density at radius 1 is 0.821 bits per heavy atom. The lowest BCUT2D eigenvalue weighted by Crippen LogP contribution is -2.20. The monoisotopic (exact) mass is 522 g/mol.